The molecule has 0 aliphatic heterocycles. The van der Waals surface area contributed by atoms with Crippen LogP contribution in [0.15, 0.2) is 45.3 Å². The minimum absolute atomic E-state index is 0.134. The van der Waals surface area contributed by atoms with Crippen LogP contribution in [-0.2, 0) is 5.41 Å². The summed E-state index contributed by atoms with van der Waals surface area (Å²) in [5, 5.41) is 0. The second-order valence-electron chi connectivity index (χ2n) is 6.47. The van der Waals surface area contributed by atoms with Crippen molar-refractivity contribution >= 4 is 31.9 Å². The lowest BCUT2D eigenvalue weighted by molar-refractivity contribution is 0.589. The third kappa shape index (κ3) is 3.77. The van der Waals surface area contributed by atoms with E-state index in [0.29, 0.717) is 0 Å². The molecule has 1 unspecified atom stereocenters. The first kappa shape index (κ1) is 16.7. The van der Waals surface area contributed by atoms with Crippen molar-refractivity contribution in [2.45, 2.75) is 39.2 Å². The van der Waals surface area contributed by atoms with Gasteiger partial charge >= 0.3 is 0 Å². The number of halogens is 2. The molecule has 1 nitrogen and oxygen atoms in total. The largest absolute Gasteiger partial charge is 0.320 e. The van der Waals surface area contributed by atoms with Crippen LogP contribution in [0.5, 0.6) is 0 Å². The van der Waals surface area contributed by atoms with Crippen LogP contribution in [-0.4, -0.2) is 0 Å². The van der Waals surface area contributed by atoms with Gasteiger partial charge in [0.25, 0.3) is 0 Å². The van der Waals surface area contributed by atoms with E-state index in [9.17, 15) is 0 Å². The highest BCUT2D eigenvalue weighted by molar-refractivity contribution is 9.11. The standard InChI is InChI=1S/C18H21Br2N/c1-11-9-16(20)14(10-15(11)19)17(21)12-5-7-13(8-6-12)18(2,3)4/h5-10,17H,21H2,1-4H3. The zero-order valence-electron chi connectivity index (χ0n) is 12.9. The zero-order chi connectivity index (χ0) is 15.8. The summed E-state index contributed by atoms with van der Waals surface area (Å²) >= 11 is 7.21. The van der Waals surface area contributed by atoms with Crippen LogP contribution in [0, 0.1) is 6.92 Å². The molecule has 0 aromatic heterocycles. The molecular weight excluding hydrogens is 390 g/mol. The highest BCUT2D eigenvalue weighted by atomic mass is 79.9. The molecule has 0 heterocycles. The Morgan fingerprint density at radius 3 is 2.05 bits per heavy atom. The van der Waals surface area contributed by atoms with Gasteiger partial charge in [0.1, 0.15) is 0 Å². The van der Waals surface area contributed by atoms with Gasteiger partial charge in [0.2, 0.25) is 0 Å². The first-order chi connectivity index (χ1) is 9.70. The minimum Gasteiger partial charge on any atom is -0.320 e. The Labute approximate surface area is 144 Å². The predicted molar refractivity (Wildman–Crippen MR) is 97.8 cm³/mol. The summed E-state index contributed by atoms with van der Waals surface area (Å²) in [6.07, 6.45) is 0. The molecule has 0 aliphatic carbocycles. The average Bonchev–Trinajstić information content (AvgIpc) is 2.41. The molecule has 0 saturated carbocycles. The molecule has 0 fully saturated rings. The predicted octanol–water partition coefficient (Wildman–Crippen LogP) is 5.87. The number of hydrogen-bond donors (Lipinski definition) is 1. The number of nitrogens with two attached hydrogens (primary N) is 1. The molecule has 1 atom stereocenters. The fourth-order valence-electron chi connectivity index (χ4n) is 2.27. The molecule has 21 heavy (non-hydrogen) atoms. The van der Waals surface area contributed by atoms with Gasteiger partial charge in [-0.15, -0.1) is 0 Å². The summed E-state index contributed by atoms with van der Waals surface area (Å²) in [6, 6.07) is 12.7. The molecule has 2 rings (SSSR count). The Balaban J connectivity index is 2.36. The maximum atomic E-state index is 6.44. The quantitative estimate of drug-likeness (QED) is 0.658. The summed E-state index contributed by atoms with van der Waals surface area (Å²) in [4.78, 5) is 0. The topological polar surface area (TPSA) is 26.0 Å². The van der Waals surface area contributed by atoms with E-state index in [1.165, 1.54) is 11.1 Å². The Morgan fingerprint density at radius 1 is 0.952 bits per heavy atom. The van der Waals surface area contributed by atoms with Gasteiger partial charge in [-0.25, -0.2) is 0 Å². The Hall–Kier alpha value is -0.640. The zero-order valence-corrected chi connectivity index (χ0v) is 16.0. The third-order valence-electron chi connectivity index (χ3n) is 3.75. The summed E-state index contributed by atoms with van der Waals surface area (Å²) in [6.45, 7) is 8.73. The van der Waals surface area contributed by atoms with Crippen LogP contribution in [0.1, 0.15) is 49.1 Å². The molecule has 2 N–H and O–H groups in total. The average molecular weight is 411 g/mol. The lowest BCUT2D eigenvalue weighted by atomic mass is 9.86. The Bertz CT molecular complexity index is 640. The summed E-state index contributed by atoms with van der Waals surface area (Å²) in [7, 11) is 0. The van der Waals surface area contributed by atoms with Crippen LogP contribution >= 0.6 is 31.9 Å². The smallest absolute Gasteiger partial charge is 0.0563 e. The Morgan fingerprint density at radius 2 is 1.52 bits per heavy atom. The molecule has 3 heteroatoms. The molecule has 2 aromatic carbocycles. The minimum atomic E-state index is -0.134. The molecule has 0 aliphatic rings. The van der Waals surface area contributed by atoms with Crippen molar-refractivity contribution in [1.82, 2.24) is 0 Å². The molecule has 0 spiro atoms. The van der Waals surface area contributed by atoms with E-state index < -0.39 is 0 Å². The fourth-order valence-corrected chi connectivity index (χ4v) is 3.34. The van der Waals surface area contributed by atoms with Gasteiger partial charge in [0.05, 0.1) is 6.04 Å². The normalized spacial score (nSPS) is 13.3. The number of hydrogen-bond acceptors (Lipinski definition) is 1. The van der Waals surface area contributed by atoms with E-state index in [0.717, 1.165) is 20.1 Å². The van der Waals surface area contributed by atoms with Gasteiger partial charge in [0, 0.05) is 8.95 Å². The van der Waals surface area contributed by atoms with Crippen LogP contribution in [0.4, 0.5) is 0 Å². The van der Waals surface area contributed by atoms with Crippen molar-refractivity contribution in [2.24, 2.45) is 5.73 Å². The highest BCUT2D eigenvalue weighted by Crippen LogP contribution is 2.32. The van der Waals surface area contributed by atoms with Crippen molar-refractivity contribution in [3.63, 3.8) is 0 Å². The maximum absolute atomic E-state index is 6.44. The summed E-state index contributed by atoms with van der Waals surface area (Å²) < 4.78 is 2.14. The fraction of sp³-hybridized carbons (Fsp3) is 0.333. The van der Waals surface area contributed by atoms with E-state index in [4.69, 9.17) is 5.73 Å². The SMILES string of the molecule is Cc1cc(Br)c(C(N)c2ccc(C(C)(C)C)cc2)cc1Br. The number of aryl methyl sites for hydroxylation is 1. The molecule has 0 radical (unpaired) electrons. The monoisotopic (exact) mass is 409 g/mol. The van der Waals surface area contributed by atoms with Gasteiger partial charge in [0.15, 0.2) is 0 Å². The van der Waals surface area contributed by atoms with Crippen molar-refractivity contribution in [2.75, 3.05) is 0 Å². The van der Waals surface area contributed by atoms with Crippen LogP contribution in [0.3, 0.4) is 0 Å². The van der Waals surface area contributed by atoms with Crippen molar-refractivity contribution in [3.05, 3.63) is 67.6 Å². The van der Waals surface area contributed by atoms with Gasteiger partial charge in [-0.05, 0) is 46.7 Å². The van der Waals surface area contributed by atoms with Crippen molar-refractivity contribution in [3.8, 4) is 0 Å². The number of rotatable bonds is 2. The lowest BCUT2D eigenvalue weighted by Gasteiger charge is -2.21. The second kappa shape index (κ2) is 6.23. The number of benzene rings is 2. The van der Waals surface area contributed by atoms with Gasteiger partial charge < -0.3 is 5.73 Å². The van der Waals surface area contributed by atoms with Crippen LogP contribution in [0.25, 0.3) is 0 Å². The van der Waals surface area contributed by atoms with Crippen LogP contribution < -0.4 is 5.73 Å². The van der Waals surface area contributed by atoms with E-state index in [1.54, 1.807) is 0 Å². The molecule has 0 saturated heterocycles. The molecule has 112 valence electrons. The first-order valence-corrected chi connectivity index (χ1v) is 8.60. The first-order valence-electron chi connectivity index (χ1n) is 7.01. The highest BCUT2D eigenvalue weighted by Gasteiger charge is 2.17. The van der Waals surface area contributed by atoms with E-state index in [1.807, 2.05) is 0 Å². The van der Waals surface area contributed by atoms with Crippen molar-refractivity contribution in [1.29, 1.82) is 0 Å². The van der Waals surface area contributed by atoms with Gasteiger partial charge in [-0.1, -0.05) is 76.9 Å². The maximum Gasteiger partial charge on any atom is 0.0563 e. The second-order valence-corrected chi connectivity index (χ2v) is 8.18. The molecular formula is C18H21Br2N. The van der Waals surface area contributed by atoms with Crippen molar-refractivity contribution < 1.29 is 0 Å². The van der Waals surface area contributed by atoms with E-state index in [2.05, 4.69) is 96.0 Å². The third-order valence-corrected chi connectivity index (χ3v) is 5.29. The summed E-state index contributed by atoms with van der Waals surface area (Å²) in [5.74, 6) is 0. The molecule has 0 amide bonds. The molecule has 2 aromatic rings. The Kier molecular flexibility index (Phi) is 4.96. The van der Waals surface area contributed by atoms with Gasteiger partial charge in [-0.3, -0.25) is 0 Å². The molecule has 0 bridgehead atoms. The summed E-state index contributed by atoms with van der Waals surface area (Å²) in [5.41, 5.74) is 11.3. The van der Waals surface area contributed by atoms with E-state index in [-0.39, 0.29) is 11.5 Å². The van der Waals surface area contributed by atoms with Crippen LogP contribution in [0.2, 0.25) is 0 Å². The van der Waals surface area contributed by atoms with Gasteiger partial charge in [-0.2, -0.15) is 0 Å². The van der Waals surface area contributed by atoms with E-state index >= 15 is 0 Å². The lowest BCUT2D eigenvalue weighted by Crippen LogP contribution is -2.14.